The summed E-state index contributed by atoms with van der Waals surface area (Å²) in [6.45, 7) is 5.59. The standard InChI is InChI=1S/C9H16O2/c1-6-4-7(2)8(10)9(3,11)5-6/h4,7-8,10-11H,5H2,1-3H3/t7?,8-,9+/m0/s1. The Balaban J connectivity index is 2.85. The van der Waals surface area contributed by atoms with Crippen molar-refractivity contribution in [2.24, 2.45) is 5.92 Å². The third-order valence-electron chi connectivity index (χ3n) is 2.32. The lowest BCUT2D eigenvalue weighted by Gasteiger charge is -2.36. The number of aliphatic hydroxyl groups excluding tert-OH is 1. The first-order valence-electron chi connectivity index (χ1n) is 4.01. The molecule has 2 N–H and O–H groups in total. The average molecular weight is 156 g/mol. The molecule has 0 amide bonds. The summed E-state index contributed by atoms with van der Waals surface area (Å²) in [5.41, 5.74) is 0.228. The molecule has 1 aliphatic carbocycles. The molecule has 0 fully saturated rings. The van der Waals surface area contributed by atoms with Crippen molar-refractivity contribution in [3.8, 4) is 0 Å². The molecular weight excluding hydrogens is 140 g/mol. The third kappa shape index (κ3) is 1.63. The Labute approximate surface area is 67.6 Å². The van der Waals surface area contributed by atoms with Crippen molar-refractivity contribution < 1.29 is 10.2 Å². The van der Waals surface area contributed by atoms with Crippen molar-refractivity contribution in [2.75, 3.05) is 0 Å². The van der Waals surface area contributed by atoms with Gasteiger partial charge in [0.05, 0.1) is 11.7 Å². The number of aliphatic hydroxyl groups is 2. The molecule has 0 saturated carbocycles. The molecule has 0 aromatic heterocycles. The van der Waals surface area contributed by atoms with Crippen LogP contribution in [0.15, 0.2) is 11.6 Å². The zero-order valence-corrected chi connectivity index (χ0v) is 7.33. The van der Waals surface area contributed by atoms with E-state index in [9.17, 15) is 10.2 Å². The highest BCUT2D eigenvalue weighted by molar-refractivity contribution is 5.13. The van der Waals surface area contributed by atoms with Crippen molar-refractivity contribution in [3.63, 3.8) is 0 Å². The van der Waals surface area contributed by atoms with Crippen LogP contribution in [0, 0.1) is 5.92 Å². The minimum absolute atomic E-state index is 0.0683. The van der Waals surface area contributed by atoms with Crippen LogP contribution in [0.25, 0.3) is 0 Å². The first kappa shape index (κ1) is 8.75. The first-order valence-corrected chi connectivity index (χ1v) is 4.01. The Morgan fingerprint density at radius 1 is 1.64 bits per heavy atom. The normalized spacial score (nSPS) is 45.4. The van der Waals surface area contributed by atoms with E-state index >= 15 is 0 Å². The summed E-state index contributed by atoms with van der Waals surface area (Å²) < 4.78 is 0. The predicted molar refractivity (Wildman–Crippen MR) is 44.2 cm³/mol. The molecule has 0 bridgehead atoms. The summed E-state index contributed by atoms with van der Waals surface area (Å²) in [7, 11) is 0. The molecule has 2 nitrogen and oxygen atoms in total. The lowest BCUT2D eigenvalue weighted by atomic mass is 9.79. The quantitative estimate of drug-likeness (QED) is 0.515. The molecule has 1 aliphatic rings. The zero-order chi connectivity index (χ0) is 8.65. The SMILES string of the molecule is CC1=CC(C)[C@H](O)[C@](C)(O)C1. The maximum atomic E-state index is 9.69. The summed E-state index contributed by atoms with van der Waals surface area (Å²) in [6, 6.07) is 0. The van der Waals surface area contributed by atoms with E-state index in [0.717, 1.165) is 5.57 Å². The van der Waals surface area contributed by atoms with Gasteiger partial charge in [0.15, 0.2) is 0 Å². The van der Waals surface area contributed by atoms with Gasteiger partial charge in [-0.2, -0.15) is 0 Å². The Morgan fingerprint density at radius 3 is 2.64 bits per heavy atom. The fourth-order valence-electron chi connectivity index (χ4n) is 1.83. The molecule has 3 atom stereocenters. The molecule has 0 radical (unpaired) electrons. The van der Waals surface area contributed by atoms with Crippen LogP contribution in [0.3, 0.4) is 0 Å². The number of rotatable bonds is 0. The summed E-state index contributed by atoms with van der Waals surface area (Å²) in [6.07, 6.45) is 1.98. The van der Waals surface area contributed by atoms with Crippen LogP contribution in [-0.4, -0.2) is 21.9 Å². The van der Waals surface area contributed by atoms with Crippen molar-refractivity contribution in [1.82, 2.24) is 0 Å². The Morgan fingerprint density at radius 2 is 2.18 bits per heavy atom. The second-order valence-electron chi connectivity index (χ2n) is 3.85. The lowest BCUT2D eigenvalue weighted by Crippen LogP contribution is -2.45. The molecule has 1 unspecified atom stereocenters. The summed E-state index contributed by atoms with van der Waals surface area (Å²) in [5.74, 6) is 0.0683. The van der Waals surface area contributed by atoms with Gasteiger partial charge in [-0.3, -0.25) is 0 Å². The first-order chi connectivity index (χ1) is 4.93. The van der Waals surface area contributed by atoms with Gasteiger partial charge in [0, 0.05) is 5.92 Å². The average Bonchev–Trinajstić information content (AvgIpc) is 1.81. The van der Waals surface area contributed by atoms with E-state index in [1.165, 1.54) is 0 Å². The van der Waals surface area contributed by atoms with Gasteiger partial charge in [-0.25, -0.2) is 0 Å². The van der Waals surface area contributed by atoms with Crippen molar-refractivity contribution >= 4 is 0 Å². The molecule has 64 valence electrons. The molecule has 0 aliphatic heterocycles. The van der Waals surface area contributed by atoms with E-state index in [2.05, 4.69) is 0 Å². The third-order valence-corrected chi connectivity index (χ3v) is 2.32. The van der Waals surface area contributed by atoms with Gasteiger partial charge in [-0.15, -0.1) is 0 Å². The fraction of sp³-hybridized carbons (Fsp3) is 0.778. The molecule has 2 heteroatoms. The summed E-state index contributed by atoms with van der Waals surface area (Å²) in [5, 5.41) is 19.2. The topological polar surface area (TPSA) is 40.5 Å². The molecule has 0 heterocycles. The van der Waals surface area contributed by atoms with Crippen LogP contribution in [0.4, 0.5) is 0 Å². The Kier molecular flexibility index (Phi) is 2.08. The van der Waals surface area contributed by atoms with Crippen molar-refractivity contribution in [3.05, 3.63) is 11.6 Å². The fourth-order valence-corrected chi connectivity index (χ4v) is 1.83. The lowest BCUT2D eigenvalue weighted by molar-refractivity contribution is -0.0825. The molecule has 0 aromatic rings. The number of hydrogen-bond donors (Lipinski definition) is 2. The second-order valence-corrected chi connectivity index (χ2v) is 3.85. The van der Waals surface area contributed by atoms with E-state index < -0.39 is 11.7 Å². The highest BCUT2D eigenvalue weighted by Gasteiger charge is 2.36. The second kappa shape index (κ2) is 2.61. The molecule has 0 saturated heterocycles. The van der Waals surface area contributed by atoms with Crippen LogP contribution in [0.1, 0.15) is 27.2 Å². The maximum Gasteiger partial charge on any atom is 0.0919 e. The van der Waals surface area contributed by atoms with Crippen LogP contribution in [-0.2, 0) is 0 Å². The molecule has 0 aromatic carbocycles. The number of hydrogen-bond acceptors (Lipinski definition) is 2. The van der Waals surface area contributed by atoms with Gasteiger partial charge in [0.1, 0.15) is 0 Å². The van der Waals surface area contributed by atoms with Gasteiger partial charge >= 0.3 is 0 Å². The minimum Gasteiger partial charge on any atom is -0.390 e. The zero-order valence-electron chi connectivity index (χ0n) is 7.33. The van der Waals surface area contributed by atoms with Gasteiger partial charge < -0.3 is 10.2 Å². The largest absolute Gasteiger partial charge is 0.390 e. The van der Waals surface area contributed by atoms with Gasteiger partial charge in [0.2, 0.25) is 0 Å². The van der Waals surface area contributed by atoms with Gasteiger partial charge in [-0.1, -0.05) is 18.6 Å². The van der Waals surface area contributed by atoms with E-state index in [1.807, 2.05) is 19.9 Å². The highest BCUT2D eigenvalue weighted by atomic mass is 16.3. The summed E-state index contributed by atoms with van der Waals surface area (Å²) >= 11 is 0. The van der Waals surface area contributed by atoms with Crippen LogP contribution in [0.5, 0.6) is 0 Å². The Bertz CT molecular complexity index is 182. The smallest absolute Gasteiger partial charge is 0.0919 e. The van der Waals surface area contributed by atoms with Crippen molar-refractivity contribution in [1.29, 1.82) is 0 Å². The molecule has 1 rings (SSSR count). The predicted octanol–water partition coefficient (Wildman–Crippen LogP) is 1.08. The van der Waals surface area contributed by atoms with E-state index in [1.54, 1.807) is 6.92 Å². The van der Waals surface area contributed by atoms with Gasteiger partial charge in [0.25, 0.3) is 0 Å². The molecular formula is C9H16O2. The van der Waals surface area contributed by atoms with Crippen LogP contribution < -0.4 is 0 Å². The highest BCUT2D eigenvalue weighted by Crippen LogP contribution is 2.31. The minimum atomic E-state index is -0.932. The van der Waals surface area contributed by atoms with Crippen LogP contribution in [0.2, 0.25) is 0 Å². The van der Waals surface area contributed by atoms with E-state index in [0.29, 0.717) is 6.42 Å². The molecule has 0 spiro atoms. The maximum absolute atomic E-state index is 9.69. The summed E-state index contributed by atoms with van der Waals surface area (Å²) in [4.78, 5) is 0. The molecule has 11 heavy (non-hydrogen) atoms. The van der Waals surface area contributed by atoms with Crippen molar-refractivity contribution in [2.45, 2.75) is 38.9 Å². The van der Waals surface area contributed by atoms with E-state index in [-0.39, 0.29) is 5.92 Å². The van der Waals surface area contributed by atoms with E-state index in [4.69, 9.17) is 0 Å². The van der Waals surface area contributed by atoms with Gasteiger partial charge in [-0.05, 0) is 20.3 Å². The van der Waals surface area contributed by atoms with Crippen LogP contribution >= 0.6 is 0 Å². The Hall–Kier alpha value is -0.340. The monoisotopic (exact) mass is 156 g/mol.